The molecular formula is C44H49ClN8O6S. The number of nitro groups is 1. The average molecular weight is 853 g/mol. The number of methoxy groups -OCH3 is 1. The van der Waals surface area contributed by atoms with Crippen LogP contribution in [-0.4, -0.2) is 96.9 Å². The summed E-state index contributed by atoms with van der Waals surface area (Å²) in [6, 6.07) is 20.4. The summed E-state index contributed by atoms with van der Waals surface area (Å²) in [6.45, 7) is 5.87. The van der Waals surface area contributed by atoms with Gasteiger partial charge in [-0.2, -0.15) is 4.98 Å². The van der Waals surface area contributed by atoms with E-state index >= 15 is 0 Å². The van der Waals surface area contributed by atoms with Gasteiger partial charge in [-0.15, -0.1) is 0 Å². The lowest BCUT2D eigenvalue weighted by atomic mass is 9.59. The zero-order chi connectivity index (χ0) is 41.5. The molecular weight excluding hydrogens is 804 g/mol. The van der Waals surface area contributed by atoms with Crippen LogP contribution < -0.4 is 19.7 Å². The molecule has 0 radical (unpaired) electrons. The van der Waals surface area contributed by atoms with Gasteiger partial charge < -0.3 is 29.4 Å². The highest BCUT2D eigenvalue weighted by molar-refractivity contribution is 7.98. The second-order valence-electron chi connectivity index (χ2n) is 15.6. The SMILES string of the molecule is COCCOCCNc1ccc(SNC(=O)c2ccc(N3CCN(CC4=C(c5ccc(Cl)cc5)CC5(CCC5)CC4)CC3)nc2Oc2cnc3[nH]ccc3c2)cc1[N+](=O)[O-]. The normalized spacial score (nSPS) is 16.5. The Balaban J connectivity index is 0.954. The van der Waals surface area contributed by atoms with E-state index in [9.17, 15) is 14.9 Å². The Bertz CT molecular complexity index is 2340. The Kier molecular flexibility index (Phi) is 13.2. The van der Waals surface area contributed by atoms with E-state index in [1.165, 1.54) is 42.9 Å². The number of nitro benzene ring substituents is 1. The number of allylic oxidation sites excluding steroid dienone is 1. The van der Waals surface area contributed by atoms with Crippen molar-refractivity contribution in [1.82, 2.24) is 24.6 Å². The smallest absolute Gasteiger partial charge is 0.293 e. The van der Waals surface area contributed by atoms with Crippen molar-refractivity contribution in [3.8, 4) is 11.6 Å². The van der Waals surface area contributed by atoms with Gasteiger partial charge in [0.2, 0.25) is 5.88 Å². The van der Waals surface area contributed by atoms with Gasteiger partial charge in [0, 0.05) is 73.9 Å². The molecule has 16 heteroatoms. The Hall–Kier alpha value is -5.19. The molecule has 1 aliphatic heterocycles. The zero-order valence-electron chi connectivity index (χ0n) is 33.6. The van der Waals surface area contributed by atoms with Crippen LogP contribution in [0.5, 0.6) is 11.6 Å². The van der Waals surface area contributed by atoms with Crippen molar-refractivity contribution >= 4 is 63.3 Å². The summed E-state index contributed by atoms with van der Waals surface area (Å²) in [6.07, 6.45) is 10.9. The van der Waals surface area contributed by atoms with Crippen LogP contribution in [0.4, 0.5) is 17.2 Å². The fourth-order valence-corrected chi connectivity index (χ4v) is 9.03. The molecule has 0 bridgehead atoms. The zero-order valence-corrected chi connectivity index (χ0v) is 35.2. The number of carbonyl (C=O) groups is 1. The molecule has 2 aliphatic carbocycles. The first-order valence-electron chi connectivity index (χ1n) is 20.4. The number of anilines is 2. The number of rotatable bonds is 17. The van der Waals surface area contributed by atoms with Gasteiger partial charge in [-0.1, -0.05) is 35.7 Å². The lowest BCUT2D eigenvalue weighted by molar-refractivity contribution is -0.384. The van der Waals surface area contributed by atoms with E-state index in [1.807, 2.05) is 30.3 Å². The van der Waals surface area contributed by atoms with Gasteiger partial charge in [-0.05, 0) is 109 Å². The van der Waals surface area contributed by atoms with Crippen molar-refractivity contribution in [3.63, 3.8) is 0 Å². The van der Waals surface area contributed by atoms with Crippen LogP contribution in [0.15, 0.2) is 89.6 Å². The molecule has 3 N–H and O–H groups in total. The van der Waals surface area contributed by atoms with Crippen LogP contribution >= 0.6 is 23.5 Å². The summed E-state index contributed by atoms with van der Waals surface area (Å²) in [7, 11) is 1.59. The number of halogens is 1. The Morgan fingerprint density at radius 2 is 1.85 bits per heavy atom. The Labute approximate surface area is 358 Å². The van der Waals surface area contributed by atoms with E-state index in [-0.39, 0.29) is 17.1 Å². The second kappa shape index (κ2) is 19.0. The standard InChI is InChI=1S/C44H49ClN8O6S/c1-57-23-24-58-22-17-46-38-9-7-35(26-39(38)53(55)56)60-50-42(54)36-8-10-40(49-43(36)59-34-25-31-12-16-47-41(31)48-28-34)52-20-18-51(19-21-52)29-32-11-15-44(13-2-14-44)27-37(32)30-3-5-33(45)6-4-30/h3-10,12,16,25-26,28,46H,2,11,13-15,17-24,27,29H2,1H3,(H,47,48)(H,50,54). The number of piperazine rings is 1. The largest absolute Gasteiger partial charge is 0.436 e. The molecule has 8 rings (SSSR count). The summed E-state index contributed by atoms with van der Waals surface area (Å²) >= 11 is 7.25. The topological polar surface area (TPSA) is 160 Å². The molecule has 4 heterocycles. The number of hydrogen-bond donors (Lipinski definition) is 3. The van der Waals surface area contributed by atoms with E-state index < -0.39 is 10.8 Å². The fourth-order valence-electron chi connectivity index (χ4n) is 8.28. The van der Waals surface area contributed by atoms with Crippen molar-refractivity contribution in [1.29, 1.82) is 0 Å². The van der Waals surface area contributed by atoms with Crippen LogP contribution in [0, 0.1) is 15.5 Å². The number of hydrogen-bond acceptors (Lipinski definition) is 12. The number of aromatic nitrogens is 3. The molecule has 1 amide bonds. The lowest BCUT2D eigenvalue weighted by Crippen LogP contribution is -2.47. The molecule has 0 atom stereocenters. The van der Waals surface area contributed by atoms with Gasteiger partial charge in [0.1, 0.15) is 28.5 Å². The quantitative estimate of drug-likeness (QED) is 0.0354. The Morgan fingerprint density at radius 1 is 1.02 bits per heavy atom. The molecule has 0 unspecified atom stereocenters. The number of benzene rings is 2. The van der Waals surface area contributed by atoms with Gasteiger partial charge in [0.05, 0.1) is 30.9 Å². The first-order valence-corrected chi connectivity index (χ1v) is 21.6. The highest BCUT2D eigenvalue weighted by atomic mass is 35.5. The summed E-state index contributed by atoms with van der Waals surface area (Å²) in [4.78, 5) is 43.0. The molecule has 5 aromatic rings. The highest BCUT2D eigenvalue weighted by Crippen LogP contribution is 2.55. The third-order valence-corrected chi connectivity index (χ3v) is 12.8. The maximum Gasteiger partial charge on any atom is 0.293 e. The molecule has 1 spiro atoms. The minimum Gasteiger partial charge on any atom is -0.436 e. The Morgan fingerprint density at radius 3 is 2.62 bits per heavy atom. The summed E-state index contributed by atoms with van der Waals surface area (Å²) in [5.74, 6) is 0.807. The maximum absolute atomic E-state index is 13.8. The monoisotopic (exact) mass is 852 g/mol. The fraction of sp³-hybridized carbons (Fsp3) is 0.386. The number of ether oxygens (including phenoxy) is 3. The number of nitrogens with one attached hydrogen (secondary N) is 3. The number of aromatic amines is 1. The van der Waals surface area contributed by atoms with Crippen LogP contribution in [0.3, 0.4) is 0 Å². The molecule has 60 heavy (non-hydrogen) atoms. The number of pyridine rings is 2. The number of amides is 1. The van der Waals surface area contributed by atoms with Crippen molar-refractivity contribution in [2.75, 3.05) is 76.4 Å². The highest BCUT2D eigenvalue weighted by Gasteiger charge is 2.41. The third kappa shape index (κ3) is 9.88. The molecule has 1 saturated carbocycles. The molecule has 1 saturated heterocycles. The van der Waals surface area contributed by atoms with Crippen molar-refractivity contribution in [3.05, 3.63) is 111 Å². The van der Waals surface area contributed by atoms with Crippen LogP contribution in [0.2, 0.25) is 5.02 Å². The van der Waals surface area contributed by atoms with E-state index in [2.05, 4.69) is 41.9 Å². The van der Waals surface area contributed by atoms with Gasteiger partial charge >= 0.3 is 0 Å². The van der Waals surface area contributed by atoms with Crippen LogP contribution in [-0.2, 0) is 9.47 Å². The first kappa shape index (κ1) is 41.5. The predicted octanol–water partition coefficient (Wildman–Crippen LogP) is 8.75. The van der Waals surface area contributed by atoms with Crippen LogP contribution in [0.25, 0.3) is 16.6 Å². The molecule has 3 aromatic heterocycles. The summed E-state index contributed by atoms with van der Waals surface area (Å²) in [5, 5.41) is 16.6. The predicted molar refractivity (Wildman–Crippen MR) is 235 cm³/mol. The molecule has 2 aromatic carbocycles. The van der Waals surface area contributed by atoms with Crippen molar-refractivity contribution in [2.45, 2.75) is 43.4 Å². The van der Waals surface area contributed by atoms with Gasteiger partial charge in [0.25, 0.3) is 11.6 Å². The number of carbonyl (C=O) groups excluding carboxylic acids is 1. The molecule has 2 fully saturated rings. The van der Waals surface area contributed by atoms with E-state index in [0.717, 1.165) is 67.9 Å². The first-order chi connectivity index (χ1) is 29.3. The lowest BCUT2D eigenvalue weighted by Gasteiger charge is -2.47. The number of nitrogens with zero attached hydrogens (tertiary/aromatic N) is 5. The number of fused-ring (bicyclic) bond motifs is 1. The molecule has 3 aliphatic rings. The molecule has 14 nitrogen and oxygen atoms in total. The van der Waals surface area contributed by atoms with Crippen LogP contribution in [0.1, 0.15) is 54.4 Å². The van der Waals surface area contributed by atoms with Crippen molar-refractivity contribution < 1.29 is 23.9 Å². The summed E-state index contributed by atoms with van der Waals surface area (Å²) in [5.41, 5.74) is 5.98. The maximum atomic E-state index is 13.8. The summed E-state index contributed by atoms with van der Waals surface area (Å²) < 4.78 is 19.6. The van der Waals surface area contributed by atoms with E-state index in [1.54, 1.807) is 43.3 Å². The van der Waals surface area contributed by atoms with E-state index in [4.69, 9.17) is 30.8 Å². The minimum absolute atomic E-state index is 0.117. The number of H-pyrrole nitrogens is 1. The van der Waals surface area contributed by atoms with Gasteiger partial charge in [0.15, 0.2) is 0 Å². The second-order valence-corrected chi connectivity index (χ2v) is 16.9. The van der Waals surface area contributed by atoms with Gasteiger partial charge in [-0.3, -0.25) is 24.5 Å². The minimum atomic E-state index is -0.464. The molecule has 314 valence electrons. The average Bonchev–Trinajstić information content (AvgIpc) is 3.73. The van der Waals surface area contributed by atoms with E-state index in [0.29, 0.717) is 59.6 Å². The third-order valence-electron chi connectivity index (χ3n) is 11.8. The van der Waals surface area contributed by atoms with Gasteiger partial charge in [-0.25, -0.2) is 4.98 Å². The van der Waals surface area contributed by atoms with Crippen molar-refractivity contribution in [2.24, 2.45) is 5.41 Å².